The molecule has 0 saturated carbocycles. The Labute approximate surface area is 216 Å². The highest BCUT2D eigenvalue weighted by atomic mass is 35.5. The molecule has 1 saturated heterocycles. The van der Waals surface area contributed by atoms with Crippen LogP contribution in [0.15, 0.2) is 65.8 Å². The van der Waals surface area contributed by atoms with Gasteiger partial charge in [-0.1, -0.05) is 71.9 Å². The molecule has 1 aliphatic rings. The minimum Gasteiger partial charge on any atom is -0.354 e. The minimum absolute atomic E-state index is 0.0967. The van der Waals surface area contributed by atoms with Crippen LogP contribution in [0.25, 0.3) is 6.08 Å². The fourth-order valence-electron chi connectivity index (χ4n) is 3.82. The lowest BCUT2D eigenvalue weighted by atomic mass is 10.1. The van der Waals surface area contributed by atoms with Gasteiger partial charge in [-0.15, -0.1) is 0 Å². The van der Waals surface area contributed by atoms with E-state index in [1.54, 1.807) is 6.07 Å². The molecule has 1 aliphatic heterocycles. The minimum atomic E-state index is -0.0967. The van der Waals surface area contributed by atoms with Crippen LogP contribution in [0.2, 0.25) is 5.15 Å². The van der Waals surface area contributed by atoms with Crippen molar-refractivity contribution >= 4 is 46.9 Å². The molecule has 1 aromatic heterocycles. The van der Waals surface area contributed by atoms with Crippen molar-refractivity contribution < 1.29 is 4.79 Å². The topological polar surface area (TPSA) is 61.4 Å². The smallest absolute Gasteiger partial charge is 0.234 e. The van der Waals surface area contributed by atoms with Crippen LogP contribution in [0.3, 0.4) is 0 Å². The second-order valence-electron chi connectivity index (χ2n) is 8.57. The highest BCUT2D eigenvalue weighted by Gasteiger charge is 2.19. The second-order valence-corrected chi connectivity index (χ2v) is 9.90. The van der Waals surface area contributed by atoms with E-state index < -0.39 is 0 Å². The first-order valence-electron chi connectivity index (χ1n) is 11.7. The zero-order valence-corrected chi connectivity index (χ0v) is 21.6. The van der Waals surface area contributed by atoms with Crippen LogP contribution >= 0.6 is 23.4 Å². The molecule has 182 valence electrons. The first kappa shape index (κ1) is 25.2. The van der Waals surface area contributed by atoms with Gasteiger partial charge in [0.05, 0.1) is 5.75 Å². The van der Waals surface area contributed by atoms with E-state index in [1.165, 1.54) is 22.9 Å². The fourth-order valence-corrected chi connectivity index (χ4v) is 4.70. The summed E-state index contributed by atoms with van der Waals surface area (Å²) in [4.78, 5) is 26.1. The number of carbonyl (C=O) groups is 1. The molecule has 0 radical (unpaired) electrons. The highest BCUT2D eigenvalue weighted by Crippen LogP contribution is 2.23. The number of hydrogen-bond donors (Lipinski definition) is 1. The molecular formula is C27H30ClN5OS. The van der Waals surface area contributed by atoms with E-state index in [-0.39, 0.29) is 11.7 Å². The number of hydrogen-bond acceptors (Lipinski definition) is 6. The van der Waals surface area contributed by atoms with Crippen molar-refractivity contribution in [2.45, 2.75) is 19.0 Å². The highest BCUT2D eigenvalue weighted by molar-refractivity contribution is 7.99. The predicted molar refractivity (Wildman–Crippen MR) is 146 cm³/mol. The van der Waals surface area contributed by atoms with Crippen LogP contribution in [-0.4, -0.2) is 59.3 Å². The summed E-state index contributed by atoms with van der Waals surface area (Å²) >= 11 is 7.58. The Morgan fingerprint density at radius 3 is 2.54 bits per heavy atom. The van der Waals surface area contributed by atoms with Crippen molar-refractivity contribution in [3.05, 3.63) is 82.5 Å². The van der Waals surface area contributed by atoms with Gasteiger partial charge in [0.25, 0.3) is 0 Å². The number of benzene rings is 2. The van der Waals surface area contributed by atoms with Gasteiger partial charge in [0, 0.05) is 44.5 Å². The lowest BCUT2D eigenvalue weighted by molar-refractivity contribution is -0.113. The molecule has 1 fully saturated rings. The van der Waals surface area contributed by atoms with Gasteiger partial charge in [-0.05, 0) is 42.7 Å². The number of anilines is 2. The third kappa shape index (κ3) is 7.56. The van der Waals surface area contributed by atoms with E-state index in [0.29, 0.717) is 10.3 Å². The Bertz CT molecular complexity index is 1180. The van der Waals surface area contributed by atoms with Crippen molar-refractivity contribution in [1.82, 2.24) is 14.9 Å². The lowest BCUT2D eigenvalue weighted by Crippen LogP contribution is -2.46. The van der Waals surface area contributed by atoms with E-state index in [9.17, 15) is 4.79 Å². The fraction of sp³-hybridized carbons (Fsp3) is 0.296. The third-order valence-electron chi connectivity index (χ3n) is 5.95. The van der Waals surface area contributed by atoms with E-state index in [1.807, 2.05) is 38.1 Å². The summed E-state index contributed by atoms with van der Waals surface area (Å²) in [5.74, 6) is 0.927. The van der Waals surface area contributed by atoms with Gasteiger partial charge in [-0.2, -0.15) is 0 Å². The quantitative estimate of drug-likeness (QED) is 0.253. The number of rotatable bonds is 8. The van der Waals surface area contributed by atoms with E-state index in [4.69, 9.17) is 11.6 Å². The maximum Gasteiger partial charge on any atom is 0.234 e. The van der Waals surface area contributed by atoms with Crippen LogP contribution in [0, 0.1) is 13.8 Å². The van der Waals surface area contributed by atoms with Crippen molar-refractivity contribution in [1.29, 1.82) is 0 Å². The first-order chi connectivity index (χ1) is 17.0. The number of aromatic nitrogens is 2. The van der Waals surface area contributed by atoms with Gasteiger partial charge in [-0.25, -0.2) is 9.97 Å². The molecule has 3 aromatic rings. The normalized spacial score (nSPS) is 14.4. The zero-order chi connectivity index (χ0) is 24.6. The predicted octanol–water partition coefficient (Wildman–Crippen LogP) is 5.31. The van der Waals surface area contributed by atoms with E-state index in [0.717, 1.165) is 49.8 Å². The summed E-state index contributed by atoms with van der Waals surface area (Å²) in [5.41, 5.74) is 4.35. The number of nitrogens with zero attached hydrogens (tertiary/aromatic N) is 4. The van der Waals surface area contributed by atoms with Gasteiger partial charge in [-0.3, -0.25) is 9.69 Å². The Morgan fingerprint density at radius 1 is 1.03 bits per heavy atom. The number of halogens is 1. The third-order valence-corrected chi connectivity index (χ3v) is 6.99. The number of thioether (sulfide) groups is 1. The zero-order valence-electron chi connectivity index (χ0n) is 20.1. The summed E-state index contributed by atoms with van der Waals surface area (Å²) in [7, 11) is 0. The Hall–Kier alpha value is -2.87. The molecule has 8 heteroatoms. The number of amides is 1. The largest absolute Gasteiger partial charge is 0.354 e. The Morgan fingerprint density at radius 2 is 1.80 bits per heavy atom. The van der Waals surface area contributed by atoms with Crippen molar-refractivity contribution in [2.75, 3.05) is 48.7 Å². The standard InChI is InChI=1S/C27H30ClN5OS/c1-20-10-11-23(17-21(20)2)29-26(34)19-35-27-30-24(28)18-25(31-27)33-15-13-32(14-16-33)12-6-9-22-7-4-3-5-8-22/h3-11,17-18H,12-16,19H2,1-2H3,(H,29,34). The molecule has 1 N–H and O–H groups in total. The van der Waals surface area contributed by atoms with Gasteiger partial charge in [0.15, 0.2) is 5.16 Å². The average Bonchev–Trinajstić information content (AvgIpc) is 2.86. The summed E-state index contributed by atoms with van der Waals surface area (Å²) < 4.78 is 0. The van der Waals surface area contributed by atoms with Crippen LogP contribution in [0.5, 0.6) is 0 Å². The molecule has 6 nitrogen and oxygen atoms in total. The lowest BCUT2D eigenvalue weighted by Gasteiger charge is -2.35. The van der Waals surface area contributed by atoms with Crippen LogP contribution < -0.4 is 10.2 Å². The average molecular weight is 508 g/mol. The van der Waals surface area contributed by atoms with Crippen molar-refractivity contribution in [3.63, 3.8) is 0 Å². The Balaban J connectivity index is 1.27. The van der Waals surface area contributed by atoms with Gasteiger partial charge < -0.3 is 10.2 Å². The maximum atomic E-state index is 12.4. The number of aryl methyl sites for hydroxylation is 2. The summed E-state index contributed by atoms with van der Waals surface area (Å²) in [6.07, 6.45) is 4.38. The molecule has 0 unspecified atom stereocenters. The number of piperazine rings is 1. The molecule has 0 spiro atoms. The van der Waals surface area contributed by atoms with Crippen LogP contribution in [0.4, 0.5) is 11.5 Å². The molecule has 0 atom stereocenters. The number of carbonyl (C=O) groups excluding carboxylic acids is 1. The Kier molecular flexibility index (Phi) is 8.79. The van der Waals surface area contributed by atoms with E-state index >= 15 is 0 Å². The molecule has 2 heterocycles. The summed E-state index contributed by atoms with van der Waals surface area (Å²) in [5, 5.41) is 3.83. The van der Waals surface area contributed by atoms with Gasteiger partial charge in [0.1, 0.15) is 11.0 Å². The SMILES string of the molecule is Cc1ccc(NC(=O)CSc2nc(Cl)cc(N3CCN(CC=Cc4ccccc4)CC3)n2)cc1C. The summed E-state index contributed by atoms with van der Waals surface area (Å²) in [6, 6.07) is 18.0. The monoisotopic (exact) mass is 507 g/mol. The molecule has 0 aliphatic carbocycles. The maximum absolute atomic E-state index is 12.4. The van der Waals surface area contributed by atoms with Gasteiger partial charge >= 0.3 is 0 Å². The molecule has 1 amide bonds. The van der Waals surface area contributed by atoms with Gasteiger partial charge in [0.2, 0.25) is 5.91 Å². The molecule has 35 heavy (non-hydrogen) atoms. The van der Waals surface area contributed by atoms with Crippen LogP contribution in [0.1, 0.15) is 16.7 Å². The molecular weight excluding hydrogens is 478 g/mol. The van der Waals surface area contributed by atoms with Crippen molar-refractivity contribution in [2.24, 2.45) is 0 Å². The molecule has 0 bridgehead atoms. The first-order valence-corrected chi connectivity index (χ1v) is 13.1. The van der Waals surface area contributed by atoms with E-state index in [2.05, 4.69) is 61.5 Å². The summed E-state index contributed by atoms with van der Waals surface area (Å²) in [6.45, 7) is 8.62. The molecule has 2 aromatic carbocycles. The van der Waals surface area contributed by atoms with Crippen molar-refractivity contribution in [3.8, 4) is 0 Å². The molecule has 4 rings (SSSR count). The van der Waals surface area contributed by atoms with Crippen LogP contribution in [-0.2, 0) is 4.79 Å². The number of nitrogens with one attached hydrogen (secondary N) is 1. The second kappa shape index (κ2) is 12.2.